The molecule has 1 aromatic carbocycles. The van der Waals surface area contributed by atoms with Crippen LogP contribution in [0.5, 0.6) is 0 Å². The first-order chi connectivity index (χ1) is 15.7. The molecule has 170 valence electrons. The fraction of sp³-hybridized carbons (Fsp3) is 0.320. The molecule has 0 unspecified atom stereocenters. The third kappa shape index (κ3) is 3.41. The van der Waals surface area contributed by atoms with Crippen LogP contribution in [0.2, 0.25) is 0 Å². The average molecular weight is 450 g/mol. The van der Waals surface area contributed by atoms with Crippen molar-refractivity contribution >= 4 is 11.4 Å². The number of rotatable bonds is 5. The monoisotopic (exact) mass is 449 g/mol. The van der Waals surface area contributed by atoms with Crippen LogP contribution in [0.3, 0.4) is 0 Å². The van der Waals surface area contributed by atoms with E-state index in [1.165, 1.54) is 18.2 Å². The van der Waals surface area contributed by atoms with Gasteiger partial charge in [0.05, 0.1) is 39.3 Å². The van der Waals surface area contributed by atoms with E-state index in [2.05, 4.69) is 15.5 Å². The van der Waals surface area contributed by atoms with Gasteiger partial charge in [-0.3, -0.25) is 9.48 Å². The lowest BCUT2D eigenvalue weighted by Gasteiger charge is -2.19. The fourth-order valence-electron chi connectivity index (χ4n) is 4.56. The van der Waals surface area contributed by atoms with Crippen molar-refractivity contribution in [1.29, 1.82) is 0 Å². The highest BCUT2D eigenvalue weighted by atomic mass is 19.1. The smallest absolute Gasteiger partial charge is 0.253 e. The topological polar surface area (TPSA) is 64.2 Å². The van der Waals surface area contributed by atoms with E-state index < -0.39 is 17.2 Å². The number of nitrogens with one attached hydrogen (secondary N) is 1. The van der Waals surface area contributed by atoms with Crippen LogP contribution in [-0.2, 0) is 12.6 Å². The lowest BCUT2D eigenvalue weighted by atomic mass is 9.99. The molecule has 0 spiro atoms. The van der Waals surface area contributed by atoms with E-state index in [1.54, 1.807) is 28.3 Å². The van der Waals surface area contributed by atoms with E-state index >= 15 is 0 Å². The van der Waals surface area contributed by atoms with E-state index in [0.717, 1.165) is 18.5 Å². The molecule has 1 N–H and O–H groups in total. The van der Waals surface area contributed by atoms with Gasteiger partial charge in [0.1, 0.15) is 11.6 Å². The van der Waals surface area contributed by atoms with E-state index in [9.17, 15) is 13.6 Å². The zero-order chi connectivity index (χ0) is 23.5. The third-order valence-corrected chi connectivity index (χ3v) is 6.32. The number of hydrogen-bond donors (Lipinski definition) is 1. The van der Waals surface area contributed by atoms with E-state index in [0.29, 0.717) is 28.0 Å². The molecule has 0 atom stereocenters. The molecular formula is C25H25F2N5O. The van der Waals surface area contributed by atoms with E-state index in [4.69, 9.17) is 0 Å². The number of nitrogens with zero attached hydrogens (tertiary/aromatic N) is 4. The summed E-state index contributed by atoms with van der Waals surface area (Å²) >= 11 is 0. The fourth-order valence-corrected chi connectivity index (χ4v) is 4.56. The van der Waals surface area contributed by atoms with Gasteiger partial charge in [0, 0.05) is 18.8 Å². The Balaban J connectivity index is 1.62. The van der Waals surface area contributed by atoms with Gasteiger partial charge in [0.15, 0.2) is 0 Å². The summed E-state index contributed by atoms with van der Waals surface area (Å²) in [6, 6.07) is 9.16. The molecule has 3 aromatic heterocycles. The predicted molar refractivity (Wildman–Crippen MR) is 121 cm³/mol. The zero-order valence-electron chi connectivity index (χ0n) is 19.0. The summed E-state index contributed by atoms with van der Waals surface area (Å²) in [7, 11) is 1.85. The van der Waals surface area contributed by atoms with Crippen molar-refractivity contribution in [2.75, 3.05) is 0 Å². The summed E-state index contributed by atoms with van der Waals surface area (Å²) in [6.45, 7) is 5.66. The summed E-state index contributed by atoms with van der Waals surface area (Å²) in [4.78, 5) is 13.4. The number of carbonyl (C=O) groups excluding carboxylic acids is 1. The van der Waals surface area contributed by atoms with Gasteiger partial charge < -0.3 is 5.32 Å². The predicted octanol–water partition coefficient (Wildman–Crippen LogP) is 4.86. The van der Waals surface area contributed by atoms with Crippen LogP contribution in [0.4, 0.5) is 8.78 Å². The normalized spacial score (nSPS) is 14.8. The first-order valence-corrected chi connectivity index (χ1v) is 11.0. The van der Waals surface area contributed by atoms with Gasteiger partial charge in [-0.1, -0.05) is 19.9 Å². The largest absolute Gasteiger partial charge is 0.341 e. The zero-order valence-corrected chi connectivity index (χ0v) is 19.0. The van der Waals surface area contributed by atoms with Crippen molar-refractivity contribution in [3.8, 4) is 11.1 Å². The molecule has 1 aliphatic rings. The highest BCUT2D eigenvalue weighted by molar-refractivity contribution is 5.97. The summed E-state index contributed by atoms with van der Waals surface area (Å²) < 4.78 is 32.6. The Bertz CT molecular complexity index is 1380. The van der Waals surface area contributed by atoms with Gasteiger partial charge in [-0.2, -0.15) is 10.2 Å². The van der Waals surface area contributed by atoms with Crippen LogP contribution in [0, 0.1) is 18.6 Å². The number of amides is 1. The molecule has 0 aliphatic heterocycles. The van der Waals surface area contributed by atoms with Gasteiger partial charge in [0.2, 0.25) is 0 Å². The lowest BCUT2D eigenvalue weighted by Crippen LogP contribution is -2.36. The molecule has 0 saturated heterocycles. The van der Waals surface area contributed by atoms with Crippen LogP contribution < -0.4 is 5.32 Å². The standard InChI is InChI=1S/C25H25F2N5O/c1-14(2)23-16(24(33)28-25(11-12-25)20-10-13-31(4)30-20)8-9-19-21(15(3)29-32(19)23)22-17(26)6-5-7-18(22)27/h5-10,13-14H,11-12H2,1-4H3,(H,28,33). The molecule has 0 bridgehead atoms. The first-order valence-electron chi connectivity index (χ1n) is 11.0. The van der Waals surface area contributed by atoms with Gasteiger partial charge in [-0.05, 0) is 56.0 Å². The maximum Gasteiger partial charge on any atom is 0.253 e. The Kier molecular flexibility index (Phi) is 4.84. The molecule has 8 heteroatoms. The van der Waals surface area contributed by atoms with Crippen LogP contribution in [0.25, 0.3) is 16.6 Å². The number of benzene rings is 1. The number of fused-ring (bicyclic) bond motifs is 1. The lowest BCUT2D eigenvalue weighted by molar-refractivity contribution is 0.0927. The molecule has 4 aromatic rings. The Labute approximate surface area is 190 Å². The van der Waals surface area contributed by atoms with Crippen molar-refractivity contribution in [3.05, 3.63) is 76.9 Å². The second kappa shape index (κ2) is 7.50. The second-order valence-corrected chi connectivity index (χ2v) is 9.05. The Morgan fingerprint density at radius 2 is 1.76 bits per heavy atom. The molecule has 5 rings (SSSR count). The van der Waals surface area contributed by atoms with Crippen molar-refractivity contribution in [1.82, 2.24) is 24.7 Å². The summed E-state index contributed by atoms with van der Waals surface area (Å²) in [5, 5.41) is 12.2. The first kappa shape index (κ1) is 21.3. The minimum atomic E-state index is -0.646. The van der Waals surface area contributed by atoms with Crippen LogP contribution >= 0.6 is 0 Å². The number of pyridine rings is 1. The summed E-state index contributed by atoms with van der Waals surface area (Å²) in [6.07, 6.45) is 3.52. The van der Waals surface area contributed by atoms with E-state index in [1.807, 2.05) is 33.2 Å². The van der Waals surface area contributed by atoms with Gasteiger partial charge in [-0.25, -0.2) is 13.3 Å². The molecule has 6 nitrogen and oxygen atoms in total. The van der Waals surface area contributed by atoms with Crippen molar-refractivity contribution in [2.24, 2.45) is 7.05 Å². The van der Waals surface area contributed by atoms with Crippen molar-refractivity contribution in [2.45, 2.75) is 45.1 Å². The molecule has 1 saturated carbocycles. The molecule has 1 aliphatic carbocycles. The van der Waals surface area contributed by atoms with E-state index in [-0.39, 0.29) is 17.4 Å². The van der Waals surface area contributed by atoms with Crippen LogP contribution in [0.15, 0.2) is 42.6 Å². The van der Waals surface area contributed by atoms with Crippen molar-refractivity contribution in [3.63, 3.8) is 0 Å². The van der Waals surface area contributed by atoms with Gasteiger partial charge in [-0.15, -0.1) is 0 Å². The Morgan fingerprint density at radius 1 is 1.06 bits per heavy atom. The number of carbonyl (C=O) groups is 1. The van der Waals surface area contributed by atoms with Crippen molar-refractivity contribution < 1.29 is 13.6 Å². The maximum atomic E-state index is 14.6. The molecule has 0 radical (unpaired) electrons. The maximum absolute atomic E-state index is 14.6. The third-order valence-electron chi connectivity index (χ3n) is 6.32. The molecule has 33 heavy (non-hydrogen) atoms. The number of hydrogen-bond acceptors (Lipinski definition) is 3. The molecular weight excluding hydrogens is 424 g/mol. The highest BCUT2D eigenvalue weighted by Gasteiger charge is 2.48. The number of aryl methyl sites for hydroxylation is 2. The molecule has 3 heterocycles. The molecule has 1 fully saturated rings. The van der Waals surface area contributed by atoms with Crippen LogP contribution in [-0.4, -0.2) is 25.3 Å². The number of halogens is 2. The van der Waals surface area contributed by atoms with Crippen LogP contribution in [0.1, 0.15) is 60.0 Å². The minimum Gasteiger partial charge on any atom is -0.341 e. The number of aromatic nitrogens is 4. The Morgan fingerprint density at radius 3 is 2.33 bits per heavy atom. The average Bonchev–Trinajstić information content (AvgIpc) is 3.27. The minimum absolute atomic E-state index is 0.0583. The SMILES string of the molecule is Cc1nn2c(C(C)C)c(C(=O)NC3(c4ccn(C)n4)CC3)ccc2c1-c1c(F)cccc1F. The van der Waals surface area contributed by atoms with Gasteiger partial charge in [0.25, 0.3) is 5.91 Å². The highest BCUT2D eigenvalue weighted by Crippen LogP contribution is 2.45. The molecule has 1 amide bonds. The second-order valence-electron chi connectivity index (χ2n) is 9.05. The summed E-state index contributed by atoms with van der Waals surface area (Å²) in [5.41, 5.74) is 2.90. The summed E-state index contributed by atoms with van der Waals surface area (Å²) in [5.74, 6) is -1.56. The quantitative estimate of drug-likeness (QED) is 0.473. The Hall–Kier alpha value is -3.55. The van der Waals surface area contributed by atoms with Gasteiger partial charge >= 0.3 is 0 Å².